The largest absolute Gasteiger partial charge is 0.481 e. The number of nitrogen functional groups attached to an aromatic ring is 1. The van der Waals surface area contributed by atoms with E-state index in [9.17, 15) is 0 Å². The van der Waals surface area contributed by atoms with Crippen molar-refractivity contribution in [2.45, 2.75) is 32.6 Å². The minimum absolute atomic E-state index is 0.588. The molecule has 0 bridgehead atoms. The minimum atomic E-state index is 0.588. The van der Waals surface area contributed by atoms with Gasteiger partial charge in [0.1, 0.15) is 0 Å². The van der Waals surface area contributed by atoms with E-state index in [4.69, 9.17) is 10.5 Å². The maximum absolute atomic E-state index is 5.80. The van der Waals surface area contributed by atoms with E-state index in [0.717, 1.165) is 18.8 Å². The number of unbranched alkanes of at least 4 members (excludes halogenated alkanes) is 3. The average molecular weight is 223 g/mol. The Labute approximate surface area is 97.2 Å². The molecule has 1 aromatic heterocycles. The second kappa shape index (κ2) is 6.93. The minimum Gasteiger partial charge on any atom is -0.481 e. The van der Waals surface area contributed by atoms with E-state index in [2.05, 4.69) is 17.2 Å². The number of hydrogen-bond acceptors (Lipinski definition) is 4. The monoisotopic (exact) mass is 223 g/mol. The molecule has 1 rings (SSSR count). The number of aromatic nitrogens is 1. The number of pyridine rings is 1. The maximum Gasteiger partial charge on any atom is 0.215 e. The Morgan fingerprint density at radius 1 is 1.31 bits per heavy atom. The highest BCUT2D eigenvalue weighted by Crippen LogP contribution is 2.19. The van der Waals surface area contributed by atoms with Crippen LogP contribution in [0.1, 0.15) is 32.6 Å². The number of nitrogens with zero attached hydrogens (tertiary/aromatic N) is 1. The summed E-state index contributed by atoms with van der Waals surface area (Å²) in [6.45, 7) is 3.11. The van der Waals surface area contributed by atoms with Gasteiger partial charge in [0.15, 0.2) is 5.82 Å². The van der Waals surface area contributed by atoms with Crippen LogP contribution in [0.15, 0.2) is 12.1 Å². The lowest BCUT2D eigenvalue weighted by molar-refractivity contribution is 0.398. The topological polar surface area (TPSA) is 60.2 Å². The van der Waals surface area contributed by atoms with Crippen LogP contribution in [0.5, 0.6) is 5.88 Å². The highest BCUT2D eigenvalue weighted by atomic mass is 16.5. The highest BCUT2D eigenvalue weighted by molar-refractivity contribution is 5.61. The van der Waals surface area contributed by atoms with Crippen LogP contribution in [0.25, 0.3) is 0 Å². The summed E-state index contributed by atoms with van der Waals surface area (Å²) in [7, 11) is 1.60. The fraction of sp³-hybridized carbons (Fsp3) is 0.583. The molecule has 1 aromatic rings. The highest BCUT2D eigenvalue weighted by Gasteiger charge is 2.01. The van der Waals surface area contributed by atoms with Crippen molar-refractivity contribution in [2.75, 3.05) is 24.7 Å². The molecule has 0 amide bonds. The molecule has 4 nitrogen and oxygen atoms in total. The summed E-state index contributed by atoms with van der Waals surface area (Å²) >= 11 is 0. The summed E-state index contributed by atoms with van der Waals surface area (Å²) in [6.07, 6.45) is 4.92. The summed E-state index contributed by atoms with van der Waals surface area (Å²) in [6, 6.07) is 3.57. The lowest BCUT2D eigenvalue weighted by Gasteiger charge is -2.09. The Balaban J connectivity index is 2.40. The number of anilines is 2. The molecule has 0 saturated carbocycles. The van der Waals surface area contributed by atoms with Gasteiger partial charge in [-0.3, -0.25) is 0 Å². The zero-order valence-corrected chi connectivity index (χ0v) is 10.1. The third-order valence-electron chi connectivity index (χ3n) is 2.43. The number of hydrogen-bond donors (Lipinski definition) is 2. The van der Waals surface area contributed by atoms with Gasteiger partial charge in [-0.25, -0.2) is 0 Å². The quantitative estimate of drug-likeness (QED) is 0.698. The predicted octanol–water partition coefficient (Wildman–Crippen LogP) is 2.66. The van der Waals surface area contributed by atoms with Gasteiger partial charge >= 0.3 is 0 Å². The average Bonchev–Trinajstić information content (AvgIpc) is 2.31. The van der Waals surface area contributed by atoms with Crippen molar-refractivity contribution in [3.05, 3.63) is 12.1 Å². The van der Waals surface area contributed by atoms with Crippen LogP contribution in [0.2, 0.25) is 0 Å². The van der Waals surface area contributed by atoms with Crippen LogP contribution in [-0.2, 0) is 0 Å². The van der Waals surface area contributed by atoms with Crippen LogP contribution < -0.4 is 15.8 Å². The van der Waals surface area contributed by atoms with Gasteiger partial charge in [0.2, 0.25) is 5.88 Å². The first-order valence-electron chi connectivity index (χ1n) is 5.82. The predicted molar refractivity (Wildman–Crippen MR) is 67.8 cm³/mol. The van der Waals surface area contributed by atoms with Crippen LogP contribution in [0.4, 0.5) is 11.5 Å². The van der Waals surface area contributed by atoms with Gasteiger partial charge in [0, 0.05) is 12.6 Å². The van der Waals surface area contributed by atoms with Crippen molar-refractivity contribution in [2.24, 2.45) is 0 Å². The Morgan fingerprint density at radius 2 is 2.12 bits per heavy atom. The summed E-state index contributed by atoms with van der Waals surface area (Å²) in [5.41, 5.74) is 6.47. The molecule has 3 N–H and O–H groups in total. The van der Waals surface area contributed by atoms with Gasteiger partial charge in [-0.05, 0) is 12.5 Å². The van der Waals surface area contributed by atoms with Crippen molar-refractivity contribution in [1.82, 2.24) is 4.98 Å². The molecular weight excluding hydrogens is 202 g/mol. The number of nitrogens with two attached hydrogens (primary N) is 1. The zero-order chi connectivity index (χ0) is 11.8. The summed E-state index contributed by atoms with van der Waals surface area (Å²) in [4.78, 5) is 4.25. The van der Waals surface area contributed by atoms with Crippen molar-refractivity contribution in [3.63, 3.8) is 0 Å². The molecule has 0 radical (unpaired) electrons. The Morgan fingerprint density at radius 3 is 2.81 bits per heavy atom. The number of nitrogens with one attached hydrogen (secondary N) is 1. The third kappa shape index (κ3) is 3.96. The van der Waals surface area contributed by atoms with E-state index in [-0.39, 0.29) is 0 Å². The Kier molecular flexibility index (Phi) is 5.46. The molecule has 90 valence electrons. The molecular formula is C12H21N3O. The van der Waals surface area contributed by atoms with E-state index < -0.39 is 0 Å². The Hall–Kier alpha value is -1.45. The molecule has 0 saturated heterocycles. The first-order valence-corrected chi connectivity index (χ1v) is 5.82. The Bertz CT molecular complexity index is 315. The van der Waals surface area contributed by atoms with E-state index in [1.165, 1.54) is 19.3 Å². The molecule has 0 aliphatic heterocycles. The van der Waals surface area contributed by atoms with Crippen LogP contribution in [0, 0.1) is 0 Å². The van der Waals surface area contributed by atoms with Gasteiger partial charge in [-0.15, -0.1) is 0 Å². The van der Waals surface area contributed by atoms with E-state index >= 15 is 0 Å². The molecule has 0 fully saturated rings. The number of ether oxygens (including phenoxy) is 1. The molecule has 16 heavy (non-hydrogen) atoms. The molecule has 0 spiro atoms. The molecule has 4 heteroatoms. The SMILES string of the molecule is CCCCCCNc1nc(OC)ccc1N. The van der Waals surface area contributed by atoms with Crippen LogP contribution >= 0.6 is 0 Å². The van der Waals surface area contributed by atoms with E-state index in [0.29, 0.717) is 11.6 Å². The molecule has 0 unspecified atom stereocenters. The maximum atomic E-state index is 5.80. The zero-order valence-electron chi connectivity index (χ0n) is 10.1. The van der Waals surface area contributed by atoms with E-state index in [1.807, 2.05) is 0 Å². The van der Waals surface area contributed by atoms with Gasteiger partial charge in [-0.2, -0.15) is 4.98 Å². The summed E-state index contributed by atoms with van der Waals surface area (Å²) in [5, 5.41) is 3.23. The van der Waals surface area contributed by atoms with Crippen molar-refractivity contribution < 1.29 is 4.74 Å². The van der Waals surface area contributed by atoms with Crippen molar-refractivity contribution in [1.29, 1.82) is 0 Å². The standard InChI is InChI=1S/C12H21N3O/c1-3-4-5-6-9-14-12-10(13)7-8-11(15-12)16-2/h7-8H,3-6,9,13H2,1-2H3,(H,14,15). The lowest BCUT2D eigenvalue weighted by Crippen LogP contribution is -2.06. The molecule has 0 aliphatic carbocycles. The van der Waals surface area contributed by atoms with Gasteiger partial charge in [-0.1, -0.05) is 26.2 Å². The molecule has 0 aliphatic rings. The fourth-order valence-corrected chi connectivity index (χ4v) is 1.47. The van der Waals surface area contributed by atoms with Gasteiger partial charge in [0.05, 0.1) is 12.8 Å². The van der Waals surface area contributed by atoms with Crippen molar-refractivity contribution >= 4 is 11.5 Å². The molecule has 1 heterocycles. The van der Waals surface area contributed by atoms with Crippen molar-refractivity contribution in [3.8, 4) is 5.88 Å². The van der Waals surface area contributed by atoms with Gasteiger partial charge in [0.25, 0.3) is 0 Å². The number of rotatable bonds is 7. The molecule has 0 aromatic carbocycles. The van der Waals surface area contributed by atoms with Crippen LogP contribution in [0.3, 0.4) is 0 Å². The first-order chi connectivity index (χ1) is 7.77. The van der Waals surface area contributed by atoms with E-state index in [1.54, 1.807) is 19.2 Å². The van der Waals surface area contributed by atoms with Crippen LogP contribution in [-0.4, -0.2) is 18.6 Å². The second-order valence-corrected chi connectivity index (χ2v) is 3.78. The normalized spacial score (nSPS) is 10.1. The third-order valence-corrected chi connectivity index (χ3v) is 2.43. The smallest absolute Gasteiger partial charge is 0.215 e. The summed E-state index contributed by atoms with van der Waals surface area (Å²) in [5.74, 6) is 1.31. The lowest BCUT2D eigenvalue weighted by atomic mass is 10.2. The molecule has 0 atom stereocenters. The number of methoxy groups -OCH3 is 1. The summed E-state index contributed by atoms with van der Waals surface area (Å²) < 4.78 is 5.05. The second-order valence-electron chi connectivity index (χ2n) is 3.78. The van der Waals surface area contributed by atoms with Gasteiger partial charge < -0.3 is 15.8 Å². The first kappa shape index (κ1) is 12.6. The fourth-order valence-electron chi connectivity index (χ4n) is 1.47.